The number of carbonyl (C=O) groups is 1. The van der Waals surface area contributed by atoms with Gasteiger partial charge in [0.2, 0.25) is 0 Å². The van der Waals surface area contributed by atoms with E-state index in [0.717, 1.165) is 0 Å². The van der Waals surface area contributed by atoms with Crippen molar-refractivity contribution < 1.29 is 13.2 Å². The fraction of sp³-hybridized carbons (Fsp3) is 0.0870. The third kappa shape index (κ3) is 5.26. The van der Waals surface area contributed by atoms with Crippen molar-refractivity contribution in [1.82, 2.24) is 35.3 Å². The van der Waals surface area contributed by atoms with Gasteiger partial charge in [-0.25, -0.2) is 13.4 Å². The van der Waals surface area contributed by atoms with Gasteiger partial charge in [-0.2, -0.15) is 5.10 Å². The van der Waals surface area contributed by atoms with Crippen molar-refractivity contribution in [2.24, 2.45) is 0 Å². The summed E-state index contributed by atoms with van der Waals surface area (Å²) in [7, 11) is -3.97. The molecule has 0 bridgehead atoms. The molecule has 0 aliphatic rings. The molecule has 14 heteroatoms. The number of H-pyrrole nitrogens is 1. The highest BCUT2D eigenvalue weighted by atomic mass is 35.5. The first kappa shape index (κ1) is 24.7. The predicted octanol–water partition coefficient (Wildman–Crippen LogP) is 3.75. The molecule has 0 fully saturated rings. The molecule has 5 rings (SSSR count). The summed E-state index contributed by atoms with van der Waals surface area (Å²) in [6, 6.07) is 12.6. The average Bonchev–Trinajstić information content (AvgIpc) is 3.57. The molecule has 3 N–H and O–H groups in total. The summed E-state index contributed by atoms with van der Waals surface area (Å²) in [5, 5.41) is 17.8. The maximum absolute atomic E-state index is 12.9. The van der Waals surface area contributed by atoms with Gasteiger partial charge < -0.3 is 9.88 Å². The molecule has 2 aromatic carbocycles. The first-order chi connectivity index (χ1) is 17.8. The van der Waals surface area contributed by atoms with E-state index in [4.69, 9.17) is 23.2 Å². The van der Waals surface area contributed by atoms with Crippen LogP contribution in [0, 0.1) is 0 Å². The van der Waals surface area contributed by atoms with E-state index in [9.17, 15) is 13.2 Å². The molecule has 0 aliphatic heterocycles. The number of benzene rings is 2. The van der Waals surface area contributed by atoms with Gasteiger partial charge in [-0.15, -0.1) is 10.2 Å². The minimum atomic E-state index is -3.97. The van der Waals surface area contributed by atoms with Crippen LogP contribution in [0.5, 0.6) is 0 Å². The van der Waals surface area contributed by atoms with Crippen LogP contribution in [0.3, 0.4) is 0 Å². The molecule has 0 saturated carbocycles. The van der Waals surface area contributed by atoms with E-state index in [2.05, 4.69) is 35.4 Å². The number of anilines is 1. The largest absolute Gasteiger partial charge is 0.350 e. The summed E-state index contributed by atoms with van der Waals surface area (Å²) in [6.07, 6.45) is 4.68. The molecule has 0 radical (unpaired) electrons. The number of pyridine rings is 1. The summed E-state index contributed by atoms with van der Waals surface area (Å²) in [6.45, 7) is 0.891. The van der Waals surface area contributed by atoms with E-state index in [-0.39, 0.29) is 20.8 Å². The molecule has 3 heterocycles. The maximum atomic E-state index is 12.9. The SMILES string of the molecule is O=C(NCCn1cnnc1)c1cc(-c2ccc(NS(=O)(=O)c3cccc(Cl)c3Cl)cc2)nc2[nH]ncc12. The highest BCUT2D eigenvalue weighted by Crippen LogP contribution is 2.31. The number of aromatic amines is 1. The molecule has 188 valence electrons. The maximum Gasteiger partial charge on any atom is 0.263 e. The van der Waals surface area contributed by atoms with Crippen molar-refractivity contribution >= 4 is 55.9 Å². The van der Waals surface area contributed by atoms with Crippen molar-refractivity contribution in [3.8, 4) is 11.3 Å². The van der Waals surface area contributed by atoms with Crippen molar-refractivity contribution in [3.63, 3.8) is 0 Å². The summed E-state index contributed by atoms with van der Waals surface area (Å²) >= 11 is 12.0. The Morgan fingerprint density at radius 3 is 2.57 bits per heavy atom. The number of sulfonamides is 1. The van der Waals surface area contributed by atoms with E-state index >= 15 is 0 Å². The number of rotatable bonds is 8. The molecule has 37 heavy (non-hydrogen) atoms. The molecular weight excluding hydrogens is 539 g/mol. The Hall–Kier alpha value is -4.00. The lowest BCUT2D eigenvalue weighted by molar-refractivity contribution is 0.0954. The summed E-state index contributed by atoms with van der Waals surface area (Å²) < 4.78 is 29.8. The number of carbonyl (C=O) groups excluding carboxylic acids is 1. The van der Waals surface area contributed by atoms with Crippen LogP contribution < -0.4 is 10.0 Å². The number of hydrogen-bond donors (Lipinski definition) is 3. The molecule has 0 spiro atoms. The van der Waals surface area contributed by atoms with Crippen LogP contribution >= 0.6 is 23.2 Å². The van der Waals surface area contributed by atoms with E-state index in [0.29, 0.717) is 46.6 Å². The second-order valence-electron chi connectivity index (χ2n) is 7.88. The second-order valence-corrected chi connectivity index (χ2v) is 10.3. The summed E-state index contributed by atoms with van der Waals surface area (Å²) in [4.78, 5) is 17.4. The van der Waals surface area contributed by atoms with Crippen LogP contribution in [0.2, 0.25) is 10.0 Å². The zero-order valence-electron chi connectivity index (χ0n) is 18.9. The second kappa shape index (κ2) is 10.2. The average molecular weight is 557 g/mol. The lowest BCUT2D eigenvalue weighted by Gasteiger charge is -2.11. The topological polar surface area (TPSA) is 148 Å². The monoisotopic (exact) mass is 556 g/mol. The van der Waals surface area contributed by atoms with Gasteiger partial charge in [0.1, 0.15) is 17.6 Å². The van der Waals surface area contributed by atoms with E-state index < -0.39 is 10.0 Å². The molecule has 1 amide bonds. The van der Waals surface area contributed by atoms with Crippen LogP contribution in [0.25, 0.3) is 22.3 Å². The zero-order chi connectivity index (χ0) is 26.0. The quantitative estimate of drug-likeness (QED) is 0.263. The highest BCUT2D eigenvalue weighted by molar-refractivity contribution is 7.92. The lowest BCUT2D eigenvalue weighted by atomic mass is 10.1. The fourth-order valence-electron chi connectivity index (χ4n) is 3.61. The minimum Gasteiger partial charge on any atom is -0.350 e. The van der Waals surface area contributed by atoms with Gasteiger partial charge in [0.25, 0.3) is 15.9 Å². The highest BCUT2D eigenvalue weighted by Gasteiger charge is 2.20. The van der Waals surface area contributed by atoms with Crippen LogP contribution in [0.15, 0.2) is 72.3 Å². The van der Waals surface area contributed by atoms with Crippen LogP contribution in [-0.2, 0) is 16.6 Å². The molecule has 11 nitrogen and oxygen atoms in total. The Morgan fingerprint density at radius 2 is 1.81 bits per heavy atom. The standard InChI is InChI=1S/C23H18Cl2N8O3S/c24-18-2-1-3-20(21(18)25)37(35,36)32-15-6-4-14(5-7-15)19-10-16(17-11-27-31-22(17)30-19)23(34)26-8-9-33-12-28-29-13-33/h1-7,10-13,32H,8-9H2,(H,26,34)(H,27,30,31). The van der Waals surface area contributed by atoms with Gasteiger partial charge in [0.15, 0.2) is 5.65 Å². The number of aromatic nitrogens is 6. The number of fused-ring (bicyclic) bond motifs is 1. The smallest absolute Gasteiger partial charge is 0.263 e. The third-order valence-corrected chi connectivity index (χ3v) is 7.78. The van der Waals surface area contributed by atoms with Gasteiger partial charge in [-0.05, 0) is 30.3 Å². The Kier molecular flexibility index (Phi) is 6.78. The Balaban J connectivity index is 1.37. The fourth-order valence-corrected chi connectivity index (χ4v) is 5.43. The number of hydrogen-bond acceptors (Lipinski definition) is 7. The van der Waals surface area contributed by atoms with Crippen LogP contribution in [0.1, 0.15) is 10.4 Å². The van der Waals surface area contributed by atoms with E-state index in [1.165, 1.54) is 18.2 Å². The normalized spacial score (nSPS) is 11.5. The number of halogens is 2. The molecule has 0 saturated heterocycles. The lowest BCUT2D eigenvalue weighted by Crippen LogP contribution is -2.27. The van der Waals surface area contributed by atoms with Crippen molar-refractivity contribution in [3.05, 3.63) is 83.0 Å². The van der Waals surface area contributed by atoms with Gasteiger partial charge in [0.05, 0.1) is 32.9 Å². The Morgan fingerprint density at radius 1 is 1.05 bits per heavy atom. The number of nitrogens with one attached hydrogen (secondary N) is 3. The van der Waals surface area contributed by atoms with Gasteiger partial charge in [0, 0.05) is 24.3 Å². The molecule has 0 aliphatic carbocycles. The first-order valence-corrected chi connectivity index (χ1v) is 13.1. The summed E-state index contributed by atoms with van der Waals surface area (Å²) in [5.41, 5.74) is 2.33. The van der Waals surface area contributed by atoms with Gasteiger partial charge in [-0.3, -0.25) is 14.6 Å². The zero-order valence-corrected chi connectivity index (χ0v) is 21.2. The van der Waals surface area contributed by atoms with E-state index in [1.54, 1.807) is 53.8 Å². The molecule has 5 aromatic rings. The first-order valence-electron chi connectivity index (χ1n) is 10.8. The minimum absolute atomic E-state index is 0.0576. The van der Waals surface area contributed by atoms with E-state index in [1.807, 2.05) is 0 Å². The number of amides is 1. The Bertz CT molecular complexity index is 1690. The summed E-state index contributed by atoms with van der Waals surface area (Å²) in [5.74, 6) is -0.286. The number of nitrogens with zero attached hydrogens (tertiary/aromatic N) is 5. The van der Waals surface area contributed by atoms with Crippen LogP contribution in [-0.4, -0.2) is 50.8 Å². The Labute approximate surface area is 220 Å². The van der Waals surface area contributed by atoms with Crippen molar-refractivity contribution in [2.45, 2.75) is 11.4 Å². The van der Waals surface area contributed by atoms with Crippen molar-refractivity contribution in [1.29, 1.82) is 0 Å². The molecular formula is C23H18Cl2N8O3S. The molecule has 0 atom stereocenters. The van der Waals surface area contributed by atoms with Gasteiger partial charge in [-0.1, -0.05) is 41.4 Å². The van der Waals surface area contributed by atoms with Crippen LogP contribution in [0.4, 0.5) is 5.69 Å². The van der Waals surface area contributed by atoms with Crippen molar-refractivity contribution in [2.75, 3.05) is 11.3 Å². The molecule has 0 unspecified atom stereocenters. The van der Waals surface area contributed by atoms with Gasteiger partial charge >= 0.3 is 0 Å². The molecule has 3 aromatic heterocycles. The third-order valence-electron chi connectivity index (χ3n) is 5.43. The predicted molar refractivity (Wildman–Crippen MR) is 139 cm³/mol.